The van der Waals surface area contributed by atoms with Crippen LogP contribution >= 0.6 is 11.3 Å². The van der Waals surface area contributed by atoms with E-state index in [2.05, 4.69) is 32.0 Å². The van der Waals surface area contributed by atoms with E-state index < -0.39 is 24.2 Å². The quantitative estimate of drug-likeness (QED) is 0.222. The number of carbonyl (C=O) groups excluding carboxylic acids is 4. The van der Waals surface area contributed by atoms with E-state index in [0.29, 0.717) is 19.6 Å². The highest BCUT2D eigenvalue weighted by Crippen LogP contribution is 2.30. The van der Waals surface area contributed by atoms with Crippen LogP contribution in [0.1, 0.15) is 79.7 Å². The number of ether oxygens (including phenoxy) is 1. The third kappa shape index (κ3) is 7.82. The Kier molecular flexibility index (Phi) is 9.87. The summed E-state index contributed by atoms with van der Waals surface area (Å²) >= 11 is 1.39. The summed E-state index contributed by atoms with van der Waals surface area (Å²) in [5.41, 5.74) is 6.10. The highest BCUT2D eigenvalue weighted by molar-refractivity contribution is 7.09. The number of rotatable bonds is 8. The minimum absolute atomic E-state index is 0.0207. The van der Waals surface area contributed by atoms with Crippen molar-refractivity contribution in [3.05, 3.63) is 27.7 Å². The van der Waals surface area contributed by atoms with Crippen molar-refractivity contribution in [2.75, 3.05) is 26.2 Å². The number of thiazole rings is 1. The number of likely N-dealkylation sites (tertiary alicyclic amines) is 1. The Bertz CT molecular complexity index is 907. The van der Waals surface area contributed by atoms with E-state index in [-0.39, 0.29) is 24.2 Å². The van der Waals surface area contributed by atoms with Crippen molar-refractivity contribution in [1.82, 2.24) is 26.1 Å². The van der Waals surface area contributed by atoms with Crippen LogP contribution in [0.15, 0.2) is 17.0 Å². The van der Waals surface area contributed by atoms with Gasteiger partial charge in [-0.2, -0.15) is 0 Å². The van der Waals surface area contributed by atoms with E-state index in [0.717, 1.165) is 37.1 Å². The molecule has 0 radical (unpaired) electrons. The lowest BCUT2D eigenvalue weighted by Gasteiger charge is -2.31. The van der Waals surface area contributed by atoms with Crippen LogP contribution in [0, 0.1) is 0 Å². The van der Waals surface area contributed by atoms with Crippen LogP contribution < -0.4 is 16.2 Å². The number of nitrogens with zero attached hydrogens (tertiary/aromatic N) is 2. The van der Waals surface area contributed by atoms with Crippen molar-refractivity contribution in [1.29, 1.82) is 0 Å². The van der Waals surface area contributed by atoms with Crippen molar-refractivity contribution < 1.29 is 23.9 Å². The van der Waals surface area contributed by atoms with Crippen molar-refractivity contribution in [2.24, 2.45) is 0 Å². The normalized spacial score (nSPS) is 16.4. The van der Waals surface area contributed by atoms with Gasteiger partial charge in [-0.05, 0) is 51.9 Å². The molecule has 0 spiro atoms. The molecule has 1 aliphatic heterocycles. The monoisotopic (exact) mass is 491 g/mol. The van der Waals surface area contributed by atoms with Gasteiger partial charge in [0.1, 0.15) is 12.1 Å². The van der Waals surface area contributed by atoms with Crippen molar-refractivity contribution >= 4 is 35.2 Å². The molecule has 3 N–H and O–H groups in total. The molecule has 1 saturated heterocycles. The molecular weight excluding hydrogens is 458 g/mol. The molecule has 186 valence electrons. The maximum absolute atomic E-state index is 12.5. The molecule has 34 heavy (non-hydrogen) atoms. The number of allylic oxidation sites excluding steroid dienone is 1. The summed E-state index contributed by atoms with van der Waals surface area (Å²) in [6, 6.07) is -0.0207. The zero-order valence-corrected chi connectivity index (χ0v) is 20.4. The molecule has 2 heterocycles. The summed E-state index contributed by atoms with van der Waals surface area (Å²) in [7, 11) is 0. The summed E-state index contributed by atoms with van der Waals surface area (Å²) < 4.78 is 4.69. The van der Waals surface area contributed by atoms with Gasteiger partial charge in [0.15, 0.2) is 0 Å². The fraction of sp³-hybridized carbons (Fsp3) is 0.609. The fourth-order valence-corrected chi connectivity index (χ4v) is 5.03. The fourth-order valence-electron chi connectivity index (χ4n) is 4.06. The average Bonchev–Trinajstić information content (AvgIpc) is 3.34. The number of hydrogen-bond acceptors (Lipinski definition) is 7. The molecule has 0 aromatic carbocycles. The van der Waals surface area contributed by atoms with Crippen LogP contribution in [0.5, 0.6) is 0 Å². The molecule has 3 rings (SSSR count). The summed E-state index contributed by atoms with van der Waals surface area (Å²) in [5.74, 6) is -1.69. The number of carbonyl (C=O) groups is 4. The number of aromatic nitrogens is 1. The van der Waals surface area contributed by atoms with Crippen molar-refractivity contribution in [3.8, 4) is 0 Å². The van der Waals surface area contributed by atoms with Crippen LogP contribution in [0.25, 0.3) is 0 Å². The number of hydrazine groups is 1. The van der Waals surface area contributed by atoms with E-state index in [1.165, 1.54) is 29.8 Å². The van der Waals surface area contributed by atoms with Gasteiger partial charge in [-0.15, -0.1) is 11.3 Å². The van der Waals surface area contributed by atoms with Gasteiger partial charge in [-0.3, -0.25) is 25.2 Å². The Labute approximate surface area is 203 Å². The maximum Gasteiger partial charge on any atom is 0.317 e. The average molecular weight is 492 g/mol. The lowest BCUT2D eigenvalue weighted by molar-refractivity contribution is -0.146. The minimum Gasteiger partial charge on any atom is -0.466 e. The van der Waals surface area contributed by atoms with Crippen LogP contribution in [-0.4, -0.2) is 59.9 Å². The lowest BCUT2D eigenvalue weighted by Crippen LogP contribution is -2.44. The molecule has 2 aliphatic rings. The molecule has 4 amide bonds. The molecule has 0 unspecified atom stereocenters. The van der Waals surface area contributed by atoms with E-state index >= 15 is 0 Å². The van der Waals surface area contributed by atoms with Gasteiger partial charge < -0.3 is 15.0 Å². The predicted molar refractivity (Wildman–Crippen MR) is 127 cm³/mol. The molecule has 0 saturated carbocycles. The lowest BCUT2D eigenvalue weighted by atomic mass is 9.97. The van der Waals surface area contributed by atoms with Gasteiger partial charge in [-0.25, -0.2) is 9.78 Å². The highest BCUT2D eigenvalue weighted by atomic mass is 32.1. The van der Waals surface area contributed by atoms with Gasteiger partial charge in [0, 0.05) is 30.9 Å². The first-order valence-corrected chi connectivity index (χ1v) is 12.7. The van der Waals surface area contributed by atoms with Gasteiger partial charge in [0.2, 0.25) is 5.91 Å². The molecule has 1 aromatic rings. The van der Waals surface area contributed by atoms with Crippen LogP contribution in [0.2, 0.25) is 0 Å². The molecule has 1 fully saturated rings. The predicted octanol–water partition coefficient (Wildman–Crippen LogP) is 2.64. The number of urea groups is 1. The van der Waals surface area contributed by atoms with E-state index in [4.69, 9.17) is 0 Å². The molecule has 0 atom stereocenters. The topological polar surface area (TPSA) is 130 Å². The first kappa shape index (κ1) is 25.7. The summed E-state index contributed by atoms with van der Waals surface area (Å²) in [4.78, 5) is 53.9. The molecule has 0 bridgehead atoms. The molecule has 10 nitrogen and oxygen atoms in total. The second-order valence-electron chi connectivity index (χ2n) is 8.41. The molecule has 1 aromatic heterocycles. The minimum atomic E-state index is -0.664. The second-order valence-corrected chi connectivity index (χ2v) is 9.30. The number of amides is 4. The Balaban J connectivity index is 1.37. The smallest absolute Gasteiger partial charge is 0.317 e. The third-order valence-electron chi connectivity index (χ3n) is 5.92. The third-order valence-corrected chi connectivity index (χ3v) is 6.93. The number of nitrogens with one attached hydrogen (secondary N) is 3. The number of hydrogen-bond donors (Lipinski definition) is 3. The Morgan fingerprint density at radius 1 is 1.18 bits per heavy atom. The van der Waals surface area contributed by atoms with Crippen LogP contribution in [-0.2, 0) is 14.3 Å². The second kappa shape index (κ2) is 13.1. The van der Waals surface area contributed by atoms with Crippen molar-refractivity contribution in [2.45, 2.75) is 64.2 Å². The maximum atomic E-state index is 12.5. The summed E-state index contributed by atoms with van der Waals surface area (Å²) in [5, 5.41) is 5.51. The highest BCUT2D eigenvalue weighted by Gasteiger charge is 2.26. The first-order chi connectivity index (χ1) is 16.5. The molecular formula is C23H33N5O5S. The summed E-state index contributed by atoms with van der Waals surface area (Å²) in [6.45, 7) is 3.79. The Hall–Kier alpha value is -2.95. The zero-order chi connectivity index (χ0) is 24.3. The van der Waals surface area contributed by atoms with E-state index in [1.807, 2.05) is 4.90 Å². The van der Waals surface area contributed by atoms with Gasteiger partial charge in [0.25, 0.3) is 5.91 Å². The largest absolute Gasteiger partial charge is 0.466 e. The van der Waals surface area contributed by atoms with Gasteiger partial charge in [0.05, 0.1) is 11.6 Å². The van der Waals surface area contributed by atoms with Gasteiger partial charge in [-0.1, -0.05) is 11.6 Å². The van der Waals surface area contributed by atoms with Crippen molar-refractivity contribution in [3.63, 3.8) is 0 Å². The zero-order valence-electron chi connectivity index (χ0n) is 19.6. The van der Waals surface area contributed by atoms with E-state index in [9.17, 15) is 19.2 Å². The number of esters is 1. The van der Waals surface area contributed by atoms with Crippen LogP contribution in [0.3, 0.4) is 0 Å². The Morgan fingerprint density at radius 2 is 1.97 bits per heavy atom. The first-order valence-electron chi connectivity index (χ1n) is 11.9. The molecule has 11 heteroatoms. The molecule has 1 aliphatic carbocycles. The SMILES string of the molecule is CCOC(=O)CC(=O)NNC(=O)c1csc(C2CCN(C(=O)NCCC3=CCCCC3)CC2)n1. The summed E-state index contributed by atoms with van der Waals surface area (Å²) in [6.07, 6.45) is 9.14. The number of piperidine rings is 1. The Morgan fingerprint density at radius 3 is 2.68 bits per heavy atom. The van der Waals surface area contributed by atoms with E-state index in [1.54, 1.807) is 12.3 Å². The standard InChI is InChI=1S/C23H33N5O5S/c1-2-33-20(30)14-19(29)26-27-21(31)18-15-34-22(25-18)17-9-12-28(13-10-17)23(32)24-11-8-16-6-4-3-5-7-16/h6,15,17H,2-5,7-14H2,1H3,(H,24,32)(H,26,29)(H,27,31). The van der Waals surface area contributed by atoms with Crippen LogP contribution in [0.4, 0.5) is 4.79 Å². The van der Waals surface area contributed by atoms with Gasteiger partial charge >= 0.3 is 12.0 Å².